The molecule has 0 aromatic heterocycles. The van der Waals surface area contributed by atoms with Crippen LogP contribution in [0.1, 0.15) is 13.3 Å². The molecule has 4 nitrogen and oxygen atoms in total. The highest BCUT2D eigenvalue weighted by Gasteiger charge is 2.44. The van der Waals surface area contributed by atoms with E-state index in [9.17, 15) is 9.59 Å². The van der Waals surface area contributed by atoms with Crippen molar-refractivity contribution in [3.05, 3.63) is 0 Å². The fraction of sp³-hybridized carbons (Fsp3) is 0.714. The molecule has 0 aliphatic heterocycles. The Labute approximate surface area is 64.3 Å². The summed E-state index contributed by atoms with van der Waals surface area (Å²) in [6.07, 6.45) is 2.06. The molecule has 11 heavy (non-hydrogen) atoms. The lowest BCUT2D eigenvalue weighted by Crippen LogP contribution is -2.08. The quantitative estimate of drug-likeness (QED) is 0.334. The Morgan fingerprint density at radius 1 is 1.82 bits per heavy atom. The Kier molecular flexibility index (Phi) is 2.39. The summed E-state index contributed by atoms with van der Waals surface area (Å²) >= 11 is 0. The van der Waals surface area contributed by atoms with E-state index in [2.05, 4.69) is 4.99 Å². The van der Waals surface area contributed by atoms with Gasteiger partial charge in [0.1, 0.15) is 0 Å². The molecule has 0 aromatic carbocycles. The number of rotatable bonds is 3. The summed E-state index contributed by atoms with van der Waals surface area (Å²) in [5, 5.41) is 0. The van der Waals surface area contributed by atoms with Gasteiger partial charge in [0, 0.05) is 0 Å². The minimum absolute atomic E-state index is 0.161. The lowest BCUT2D eigenvalue weighted by molar-refractivity contribution is -0.144. The zero-order chi connectivity index (χ0) is 8.27. The maximum atomic E-state index is 10.9. The van der Waals surface area contributed by atoms with Gasteiger partial charge in [0.25, 0.3) is 0 Å². The van der Waals surface area contributed by atoms with Gasteiger partial charge in [-0.1, -0.05) is 0 Å². The summed E-state index contributed by atoms with van der Waals surface area (Å²) in [7, 11) is 0. The number of hydrogen-bond donors (Lipinski definition) is 0. The third-order valence-corrected chi connectivity index (χ3v) is 1.56. The topological polar surface area (TPSA) is 55.7 Å². The van der Waals surface area contributed by atoms with E-state index >= 15 is 0 Å². The summed E-state index contributed by atoms with van der Waals surface area (Å²) in [5.74, 6) is -0.437. The third kappa shape index (κ3) is 1.88. The van der Waals surface area contributed by atoms with Crippen molar-refractivity contribution in [3.63, 3.8) is 0 Å². The van der Waals surface area contributed by atoms with Crippen LogP contribution in [0.25, 0.3) is 0 Å². The standard InChI is InChI=1S/C7H9NO3/c1-2-11-7(10)5-3-6(5)8-4-9/h5-6H,2-3H2,1H3/t5-,6-/m1/s1. The first-order valence-corrected chi connectivity index (χ1v) is 3.53. The van der Waals surface area contributed by atoms with Gasteiger partial charge in [-0.05, 0) is 13.3 Å². The van der Waals surface area contributed by atoms with Crippen LogP contribution in [0.2, 0.25) is 0 Å². The van der Waals surface area contributed by atoms with E-state index in [0.717, 1.165) is 0 Å². The Morgan fingerprint density at radius 2 is 2.55 bits per heavy atom. The minimum atomic E-state index is -0.253. The molecular weight excluding hydrogens is 146 g/mol. The van der Waals surface area contributed by atoms with Gasteiger partial charge in [-0.2, -0.15) is 0 Å². The molecule has 2 atom stereocenters. The van der Waals surface area contributed by atoms with Crippen LogP contribution in [-0.2, 0) is 14.3 Å². The van der Waals surface area contributed by atoms with Gasteiger partial charge >= 0.3 is 5.97 Å². The summed E-state index contributed by atoms with van der Waals surface area (Å²) < 4.78 is 4.71. The Hall–Kier alpha value is -1.15. The van der Waals surface area contributed by atoms with Crippen LogP contribution in [0.15, 0.2) is 4.99 Å². The zero-order valence-corrected chi connectivity index (χ0v) is 6.24. The number of ether oxygens (including phenoxy) is 1. The van der Waals surface area contributed by atoms with Crippen molar-refractivity contribution in [1.82, 2.24) is 0 Å². The third-order valence-electron chi connectivity index (χ3n) is 1.56. The molecule has 1 aliphatic carbocycles. The molecular formula is C7H9NO3. The van der Waals surface area contributed by atoms with Gasteiger partial charge in [0.15, 0.2) is 0 Å². The molecule has 1 fully saturated rings. The number of carbonyl (C=O) groups excluding carboxylic acids is 2. The molecule has 1 saturated carbocycles. The first-order chi connectivity index (χ1) is 5.29. The second-order valence-electron chi connectivity index (χ2n) is 2.38. The van der Waals surface area contributed by atoms with E-state index < -0.39 is 0 Å². The summed E-state index contributed by atoms with van der Waals surface area (Å²) in [5.41, 5.74) is 0. The number of isocyanates is 1. The lowest BCUT2D eigenvalue weighted by atomic mass is 10.4. The number of esters is 1. The van der Waals surface area contributed by atoms with E-state index in [1.165, 1.54) is 6.08 Å². The van der Waals surface area contributed by atoms with E-state index in [0.29, 0.717) is 13.0 Å². The van der Waals surface area contributed by atoms with Crippen molar-refractivity contribution in [2.75, 3.05) is 6.61 Å². The predicted octanol–water partition coefficient (Wildman–Crippen LogP) is 0.274. The number of carbonyl (C=O) groups is 1. The van der Waals surface area contributed by atoms with Crippen molar-refractivity contribution in [1.29, 1.82) is 0 Å². The van der Waals surface area contributed by atoms with Crippen molar-refractivity contribution < 1.29 is 14.3 Å². The molecule has 60 valence electrons. The molecule has 0 aromatic rings. The van der Waals surface area contributed by atoms with Crippen LogP contribution in [-0.4, -0.2) is 24.7 Å². The largest absolute Gasteiger partial charge is 0.466 e. The zero-order valence-electron chi connectivity index (χ0n) is 6.24. The Bertz CT molecular complexity index is 208. The summed E-state index contributed by atoms with van der Waals surface area (Å²) in [4.78, 5) is 24.0. The second-order valence-corrected chi connectivity index (χ2v) is 2.38. The molecule has 0 amide bonds. The average Bonchev–Trinajstić information content (AvgIpc) is 2.69. The Balaban J connectivity index is 2.31. The van der Waals surface area contributed by atoms with Crippen LogP contribution in [0.5, 0.6) is 0 Å². The second kappa shape index (κ2) is 3.30. The lowest BCUT2D eigenvalue weighted by Gasteiger charge is -1.96. The van der Waals surface area contributed by atoms with Gasteiger partial charge in [0.2, 0.25) is 6.08 Å². The highest BCUT2D eigenvalue weighted by atomic mass is 16.5. The monoisotopic (exact) mass is 155 g/mol. The van der Waals surface area contributed by atoms with Gasteiger partial charge in [-0.25, -0.2) is 9.79 Å². The molecule has 1 rings (SSSR count). The normalized spacial score (nSPS) is 27.0. The molecule has 0 saturated heterocycles. The van der Waals surface area contributed by atoms with Gasteiger partial charge in [-0.15, -0.1) is 0 Å². The molecule has 1 aliphatic rings. The minimum Gasteiger partial charge on any atom is -0.466 e. The van der Waals surface area contributed by atoms with E-state index in [-0.39, 0.29) is 17.9 Å². The SMILES string of the molecule is CCOC(=O)[C@@H]1C[C@H]1N=C=O. The van der Waals surface area contributed by atoms with Gasteiger partial charge in [0.05, 0.1) is 18.6 Å². The van der Waals surface area contributed by atoms with Crippen molar-refractivity contribution in [2.45, 2.75) is 19.4 Å². The predicted molar refractivity (Wildman–Crippen MR) is 36.6 cm³/mol. The highest BCUT2D eigenvalue weighted by Crippen LogP contribution is 2.34. The van der Waals surface area contributed by atoms with E-state index in [4.69, 9.17) is 4.74 Å². The molecule has 4 heteroatoms. The van der Waals surface area contributed by atoms with Crippen LogP contribution in [0.3, 0.4) is 0 Å². The van der Waals surface area contributed by atoms with Gasteiger partial charge in [-0.3, -0.25) is 4.79 Å². The fourth-order valence-corrected chi connectivity index (χ4v) is 0.895. The smallest absolute Gasteiger partial charge is 0.311 e. The van der Waals surface area contributed by atoms with Gasteiger partial charge < -0.3 is 4.74 Å². The van der Waals surface area contributed by atoms with Crippen molar-refractivity contribution >= 4 is 12.0 Å². The van der Waals surface area contributed by atoms with E-state index in [1.807, 2.05) is 0 Å². The Morgan fingerprint density at radius 3 is 3.09 bits per heavy atom. The van der Waals surface area contributed by atoms with E-state index in [1.54, 1.807) is 6.92 Å². The fourth-order valence-electron chi connectivity index (χ4n) is 0.895. The van der Waals surface area contributed by atoms with Crippen molar-refractivity contribution in [2.24, 2.45) is 10.9 Å². The van der Waals surface area contributed by atoms with Crippen LogP contribution in [0, 0.1) is 5.92 Å². The maximum Gasteiger partial charge on any atom is 0.311 e. The highest BCUT2D eigenvalue weighted by molar-refractivity contribution is 5.76. The first-order valence-electron chi connectivity index (χ1n) is 3.53. The van der Waals surface area contributed by atoms with Crippen LogP contribution in [0.4, 0.5) is 0 Å². The molecule has 0 heterocycles. The summed E-state index contributed by atoms with van der Waals surface area (Å²) in [6, 6.07) is -0.161. The molecule has 0 spiro atoms. The van der Waals surface area contributed by atoms with Crippen LogP contribution < -0.4 is 0 Å². The van der Waals surface area contributed by atoms with Crippen molar-refractivity contribution in [3.8, 4) is 0 Å². The number of nitrogens with zero attached hydrogens (tertiary/aromatic N) is 1. The van der Waals surface area contributed by atoms with Crippen LogP contribution >= 0.6 is 0 Å². The molecule has 0 bridgehead atoms. The first kappa shape index (κ1) is 7.95. The number of aliphatic imine (C=N–C) groups is 1. The average molecular weight is 155 g/mol. The molecule has 0 radical (unpaired) electrons. The molecule has 0 unspecified atom stereocenters. The summed E-state index contributed by atoms with van der Waals surface area (Å²) in [6.45, 7) is 2.13. The molecule has 0 N–H and O–H groups in total. The maximum absolute atomic E-state index is 10.9. The number of hydrogen-bond acceptors (Lipinski definition) is 4.